The molecule has 1 aromatic carbocycles. The Morgan fingerprint density at radius 3 is 2.77 bits per heavy atom. The van der Waals surface area contributed by atoms with Crippen molar-refractivity contribution in [2.75, 3.05) is 31.6 Å². The zero-order chi connectivity index (χ0) is 21.1. The Labute approximate surface area is 178 Å². The number of halogens is 1. The molecule has 8 heteroatoms. The van der Waals surface area contributed by atoms with E-state index in [1.54, 1.807) is 12.1 Å². The van der Waals surface area contributed by atoms with E-state index in [0.29, 0.717) is 35.5 Å². The highest BCUT2D eigenvalue weighted by atomic mass is 19.1. The van der Waals surface area contributed by atoms with Crippen molar-refractivity contribution >= 4 is 29.3 Å². The fourth-order valence-corrected chi connectivity index (χ4v) is 4.97. The molecule has 0 bridgehead atoms. The summed E-state index contributed by atoms with van der Waals surface area (Å²) in [5.74, 6) is 1.08. The molecule has 2 aromatic rings. The van der Waals surface area contributed by atoms with Gasteiger partial charge in [-0.05, 0) is 48.1 Å². The molecule has 1 saturated carbocycles. The number of fused-ring (bicyclic) bond motifs is 2. The van der Waals surface area contributed by atoms with Crippen molar-refractivity contribution in [1.29, 1.82) is 0 Å². The molecule has 4 heterocycles. The van der Waals surface area contributed by atoms with Crippen LogP contribution in [0.3, 0.4) is 0 Å². The number of nitrogens with zero attached hydrogens (tertiary/aromatic N) is 2. The molecule has 0 unspecified atom stereocenters. The van der Waals surface area contributed by atoms with Crippen molar-refractivity contribution in [2.45, 2.75) is 19.5 Å². The second-order valence-corrected chi connectivity index (χ2v) is 8.95. The number of amides is 2. The molecule has 160 valence electrons. The minimum absolute atomic E-state index is 0.115. The maximum absolute atomic E-state index is 14.6. The lowest BCUT2D eigenvalue weighted by molar-refractivity contribution is -0.110. The van der Waals surface area contributed by atoms with Gasteiger partial charge < -0.3 is 19.9 Å². The molecule has 3 aliphatic heterocycles. The highest BCUT2D eigenvalue weighted by molar-refractivity contribution is 6.34. The smallest absolute Gasteiger partial charge is 0.410 e. The van der Waals surface area contributed by atoms with Gasteiger partial charge in [-0.2, -0.15) is 0 Å². The molecular formula is C23H23FN4O3. The average molecular weight is 422 g/mol. The van der Waals surface area contributed by atoms with Gasteiger partial charge in [0, 0.05) is 42.7 Å². The number of rotatable bonds is 5. The Hall–Kier alpha value is -3.13. The van der Waals surface area contributed by atoms with Crippen LogP contribution < -0.4 is 5.32 Å². The third-order valence-corrected chi connectivity index (χ3v) is 6.70. The normalized spacial score (nSPS) is 25.7. The monoisotopic (exact) mass is 422 g/mol. The van der Waals surface area contributed by atoms with Crippen molar-refractivity contribution in [3.8, 4) is 0 Å². The number of likely N-dealkylation sites (tertiary alicyclic amines) is 1. The van der Waals surface area contributed by atoms with Gasteiger partial charge in [0.25, 0.3) is 5.91 Å². The SMILES string of the molecule is O=C1Nc2cc(F)c(CN3CCOC3=O)cc2/C1=C/c1cc(CN2C[C@H]3C[C@H]3C2)c[nH]1. The average Bonchev–Trinajstić information content (AvgIpc) is 3.13. The maximum Gasteiger partial charge on any atom is 0.410 e. The second-order valence-electron chi connectivity index (χ2n) is 8.95. The fraction of sp³-hybridized carbons (Fsp3) is 0.391. The summed E-state index contributed by atoms with van der Waals surface area (Å²) in [5, 5.41) is 2.74. The molecule has 0 spiro atoms. The number of nitrogens with one attached hydrogen (secondary N) is 2. The van der Waals surface area contributed by atoms with Crippen LogP contribution in [0.25, 0.3) is 11.6 Å². The van der Waals surface area contributed by atoms with E-state index in [0.717, 1.165) is 24.1 Å². The van der Waals surface area contributed by atoms with E-state index >= 15 is 0 Å². The Morgan fingerprint density at radius 1 is 1.16 bits per heavy atom. The Morgan fingerprint density at radius 2 is 2.00 bits per heavy atom. The number of piperidine rings is 1. The molecule has 1 aromatic heterocycles. The van der Waals surface area contributed by atoms with Crippen LogP contribution in [0.2, 0.25) is 0 Å². The number of aromatic nitrogens is 1. The zero-order valence-corrected chi connectivity index (χ0v) is 17.0. The van der Waals surface area contributed by atoms with Crippen LogP contribution in [-0.4, -0.2) is 53.0 Å². The Kier molecular flexibility index (Phi) is 4.17. The van der Waals surface area contributed by atoms with Crippen LogP contribution in [-0.2, 0) is 22.6 Å². The number of anilines is 1. The highest BCUT2D eigenvalue weighted by Crippen LogP contribution is 2.45. The molecule has 2 N–H and O–H groups in total. The summed E-state index contributed by atoms with van der Waals surface area (Å²) in [6.45, 7) is 4.13. The van der Waals surface area contributed by atoms with Gasteiger partial charge in [0.1, 0.15) is 12.4 Å². The third kappa shape index (κ3) is 3.40. The van der Waals surface area contributed by atoms with Crippen LogP contribution in [0, 0.1) is 17.7 Å². The number of hydrogen-bond acceptors (Lipinski definition) is 4. The Bertz CT molecular complexity index is 1110. The van der Waals surface area contributed by atoms with Crippen LogP contribution in [0.15, 0.2) is 24.4 Å². The molecule has 0 radical (unpaired) electrons. The van der Waals surface area contributed by atoms with E-state index in [2.05, 4.69) is 21.3 Å². The lowest BCUT2D eigenvalue weighted by Gasteiger charge is -2.15. The molecular weight excluding hydrogens is 399 g/mol. The number of benzene rings is 1. The molecule has 2 amide bonds. The van der Waals surface area contributed by atoms with E-state index in [9.17, 15) is 14.0 Å². The van der Waals surface area contributed by atoms with Crippen LogP contribution >= 0.6 is 0 Å². The van der Waals surface area contributed by atoms with Crippen molar-refractivity contribution in [2.24, 2.45) is 11.8 Å². The van der Waals surface area contributed by atoms with Crippen LogP contribution in [0.5, 0.6) is 0 Å². The van der Waals surface area contributed by atoms with E-state index in [-0.39, 0.29) is 12.5 Å². The van der Waals surface area contributed by atoms with E-state index < -0.39 is 11.9 Å². The first-order valence-electron chi connectivity index (χ1n) is 10.7. The second kappa shape index (κ2) is 6.95. The first-order valence-corrected chi connectivity index (χ1v) is 10.7. The molecule has 6 rings (SSSR count). The van der Waals surface area contributed by atoms with Gasteiger partial charge in [-0.3, -0.25) is 9.69 Å². The standard InChI is InChI=1S/C23H23FN4O3/c24-20-7-21-18(5-16(20)12-28-1-2-31-23(28)30)19(22(29)26-21)6-17-3-13(8-25-17)9-27-10-14-4-15(14)11-27/h3,5-8,14-15,25H,1-2,4,9-12H2,(H,26,29)/b19-6-/t14-,15+. The zero-order valence-electron chi connectivity index (χ0n) is 17.0. The quantitative estimate of drug-likeness (QED) is 0.726. The minimum Gasteiger partial charge on any atom is -0.448 e. The number of cyclic esters (lactones) is 1. The number of ether oxygens (including phenoxy) is 1. The largest absolute Gasteiger partial charge is 0.448 e. The van der Waals surface area contributed by atoms with E-state index in [1.807, 2.05) is 6.20 Å². The molecule has 3 fully saturated rings. The minimum atomic E-state index is -0.453. The fourth-order valence-electron chi connectivity index (χ4n) is 4.97. The predicted molar refractivity (Wildman–Crippen MR) is 112 cm³/mol. The van der Waals surface area contributed by atoms with Gasteiger partial charge in [0.15, 0.2) is 0 Å². The van der Waals surface area contributed by atoms with Crippen molar-refractivity contribution < 1.29 is 18.7 Å². The van der Waals surface area contributed by atoms with Crippen molar-refractivity contribution in [1.82, 2.24) is 14.8 Å². The van der Waals surface area contributed by atoms with Crippen molar-refractivity contribution in [3.63, 3.8) is 0 Å². The summed E-state index contributed by atoms with van der Waals surface area (Å²) in [6.07, 6.45) is 4.73. The van der Waals surface area contributed by atoms with Gasteiger partial charge in [0.2, 0.25) is 0 Å². The van der Waals surface area contributed by atoms with Gasteiger partial charge in [-0.25, -0.2) is 9.18 Å². The number of carbonyl (C=O) groups is 2. The third-order valence-electron chi connectivity index (χ3n) is 6.70. The lowest BCUT2D eigenvalue weighted by Crippen LogP contribution is -2.24. The number of hydrogen-bond donors (Lipinski definition) is 2. The van der Waals surface area contributed by atoms with Crippen LogP contribution in [0.1, 0.15) is 28.8 Å². The maximum atomic E-state index is 14.6. The topological polar surface area (TPSA) is 77.7 Å². The Balaban J connectivity index is 1.24. The summed E-state index contributed by atoms with van der Waals surface area (Å²) in [6, 6.07) is 5.04. The highest BCUT2D eigenvalue weighted by Gasteiger charge is 2.44. The predicted octanol–water partition coefficient (Wildman–Crippen LogP) is 3.05. The molecule has 31 heavy (non-hydrogen) atoms. The summed E-state index contributed by atoms with van der Waals surface area (Å²) in [7, 11) is 0. The summed E-state index contributed by atoms with van der Waals surface area (Å²) in [5.41, 5.74) is 3.97. The number of aromatic amines is 1. The van der Waals surface area contributed by atoms with Gasteiger partial charge in [-0.1, -0.05) is 0 Å². The number of carbonyl (C=O) groups excluding carboxylic acids is 2. The summed E-state index contributed by atoms with van der Waals surface area (Å²) >= 11 is 0. The number of H-pyrrole nitrogens is 1. The summed E-state index contributed by atoms with van der Waals surface area (Å²) < 4.78 is 19.5. The molecule has 2 atom stereocenters. The summed E-state index contributed by atoms with van der Waals surface area (Å²) in [4.78, 5) is 31.5. The van der Waals surface area contributed by atoms with Crippen molar-refractivity contribution in [3.05, 3.63) is 52.6 Å². The van der Waals surface area contributed by atoms with Gasteiger partial charge >= 0.3 is 6.09 Å². The van der Waals surface area contributed by atoms with Crippen LogP contribution in [0.4, 0.5) is 14.9 Å². The first kappa shape index (κ1) is 18.6. The van der Waals surface area contributed by atoms with E-state index in [1.165, 1.54) is 36.0 Å². The molecule has 2 saturated heterocycles. The lowest BCUT2D eigenvalue weighted by atomic mass is 10.0. The van der Waals surface area contributed by atoms with Gasteiger partial charge in [0.05, 0.1) is 24.4 Å². The molecule has 1 aliphatic carbocycles. The first-order chi connectivity index (χ1) is 15.0. The molecule has 4 aliphatic rings. The van der Waals surface area contributed by atoms with Gasteiger partial charge in [-0.15, -0.1) is 0 Å². The van der Waals surface area contributed by atoms with E-state index in [4.69, 9.17) is 4.74 Å². The molecule has 7 nitrogen and oxygen atoms in total.